The summed E-state index contributed by atoms with van der Waals surface area (Å²) < 4.78 is 0. The summed E-state index contributed by atoms with van der Waals surface area (Å²) in [5.41, 5.74) is 0. The molecule has 1 amide bonds. The molecule has 0 aromatic carbocycles. The third-order valence-corrected chi connectivity index (χ3v) is 1.04. The van der Waals surface area contributed by atoms with Crippen LogP contribution in [0, 0.1) is 0 Å². The van der Waals surface area contributed by atoms with Gasteiger partial charge in [0, 0.05) is 13.5 Å². The molecule has 0 unspecified atom stereocenters. The zero-order chi connectivity index (χ0) is 10.4. The Kier molecular flexibility index (Phi) is 32.8. The van der Waals surface area contributed by atoms with Gasteiger partial charge in [0.05, 0.1) is 0 Å². The van der Waals surface area contributed by atoms with Gasteiger partial charge in [-0.25, -0.2) is 0 Å². The van der Waals surface area contributed by atoms with Gasteiger partial charge in [-0.05, 0) is 6.42 Å². The SMILES string of the molecule is CC.CC.CCCCC(=O)NC. The number of amides is 1. The van der Waals surface area contributed by atoms with Crippen molar-refractivity contribution < 1.29 is 4.79 Å². The van der Waals surface area contributed by atoms with Gasteiger partial charge in [-0.1, -0.05) is 41.0 Å². The van der Waals surface area contributed by atoms with Crippen molar-refractivity contribution in [3.05, 3.63) is 0 Å². The first-order valence-corrected chi connectivity index (χ1v) is 5.01. The topological polar surface area (TPSA) is 29.1 Å². The van der Waals surface area contributed by atoms with Crippen molar-refractivity contribution in [2.45, 2.75) is 53.9 Å². The summed E-state index contributed by atoms with van der Waals surface area (Å²) in [6, 6.07) is 0. The highest BCUT2D eigenvalue weighted by Gasteiger charge is 1.92. The summed E-state index contributed by atoms with van der Waals surface area (Å²) in [7, 11) is 1.66. The van der Waals surface area contributed by atoms with E-state index in [9.17, 15) is 4.79 Å². The molecule has 0 heterocycles. The van der Waals surface area contributed by atoms with Crippen molar-refractivity contribution >= 4 is 5.91 Å². The van der Waals surface area contributed by atoms with Gasteiger partial charge in [0.25, 0.3) is 0 Å². The van der Waals surface area contributed by atoms with Gasteiger partial charge in [0.1, 0.15) is 0 Å². The summed E-state index contributed by atoms with van der Waals surface area (Å²) in [5, 5.41) is 2.56. The largest absolute Gasteiger partial charge is 0.359 e. The summed E-state index contributed by atoms with van der Waals surface area (Å²) in [6.45, 7) is 10.1. The molecule has 0 aromatic rings. The zero-order valence-corrected chi connectivity index (χ0v) is 9.53. The van der Waals surface area contributed by atoms with Gasteiger partial charge in [0.2, 0.25) is 5.91 Å². The number of carbonyl (C=O) groups is 1. The summed E-state index contributed by atoms with van der Waals surface area (Å²) in [4.78, 5) is 10.5. The molecule has 0 aliphatic rings. The molecule has 2 nitrogen and oxygen atoms in total. The van der Waals surface area contributed by atoms with E-state index >= 15 is 0 Å². The number of rotatable bonds is 3. The van der Waals surface area contributed by atoms with E-state index in [2.05, 4.69) is 12.2 Å². The van der Waals surface area contributed by atoms with Crippen LogP contribution in [0.15, 0.2) is 0 Å². The van der Waals surface area contributed by atoms with Crippen LogP contribution in [-0.4, -0.2) is 13.0 Å². The number of unbranched alkanes of at least 4 members (excludes halogenated alkanes) is 1. The zero-order valence-electron chi connectivity index (χ0n) is 9.53. The second kappa shape index (κ2) is 22.4. The van der Waals surface area contributed by atoms with Gasteiger partial charge in [-0.3, -0.25) is 4.79 Å². The van der Waals surface area contributed by atoms with E-state index in [1.165, 1.54) is 0 Å². The lowest BCUT2D eigenvalue weighted by molar-refractivity contribution is -0.120. The molecular formula is C10H25NO. The molecule has 76 valence electrons. The molecule has 0 radical (unpaired) electrons. The Labute approximate surface area is 77.7 Å². The lowest BCUT2D eigenvalue weighted by atomic mass is 10.2. The van der Waals surface area contributed by atoms with Gasteiger partial charge < -0.3 is 5.32 Å². The third kappa shape index (κ3) is 22.7. The van der Waals surface area contributed by atoms with Crippen LogP contribution in [-0.2, 0) is 4.79 Å². The molecule has 0 aliphatic carbocycles. The smallest absolute Gasteiger partial charge is 0.219 e. The highest BCUT2D eigenvalue weighted by Crippen LogP contribution is 1.91. The lowest BCUT2D eigenvalue weighted by Crippen LogP contribution is -2.16. The average Bonchev–Trinajstić information content (AvgIpc) is 2.20. The Bertz CT molecular complexity index is 72.2. The maximum atomic E-state index is 10.5. The number of carbonyl (C=O) groups excluding carboxylic acids is 1. The van der Waals surface area contributed by atoms with Crippen molar-refractivity contribution in [1.82, 2.24) is 5.32 Å². The van der Waals surface area contributed by atoms with Crippen molar-refractivity contribution in [2.24, 2.45) is 0 Å². The van der Waals surface area contributed by atoms with E-state index in [1.54, 1.807) is 7.05 Å². The molecule has 0 fully saturated rings. The molecule has 0 aliphatic heterocycles. The number of nitrogens with one attached hydrogen (secondary N) is 1. The van der Waals surface area contributed by atoms with Crippen LogP contribution in [0.5, 0.6) is 0 Å². The first-order valence-electron chi connectivity index (χ1n) is 5.01. The van der Waals surface area contributed by atoms with E-state index < -0.39 is 0 Å². The Balaban J connectivity index is -0.000000175. The Morgan fingerprint density at radius 2 is 1.58 bits per heavy atom. The Morgan fingerprint density at radius 1 is 1.17 bits per heavy atom. The highest BCUT2D eigenvalue weighted by molar-refractivity contribution is 5.75. The quantitative estimate of drug-likeness (QED) is 0.702. The van der Waals surface area contributed by atoms with Crippen LogP contribution < -0.4 is 5.32 Å². The first kappa shape index (κ1) is 17.5. The molecule has 1 N–H and O–H groups in total. The number of hydrogen-bond acceptors (Lipinski definition) is 1. The second-order valence-electron chi connectivity index (χ2n) is 1.78. The molecule has 0 spiro atoms. The van der Waals surface area contributed by atoms with Gasteiger partial charge in [0.15, 0.2) is 0 Å². The lowest BCUT2D eigenvalue weighted by Gasteiger charge is -1.94. The van der Waals surface area contributed by atoms with Crippen LogP contribution >= 0.6 is 0 Å². The van der Waals surface area contributed by atoms with Crippen LogP contribution in [0.2, 0.25) is 0 Å². The Morgan fingerprint density at radius 3 is 1.83 bits per heavy atom. The van der Waals surface area contributed by atoms with Crippen LogP contribution in [0.3, 0.4) is 0 Å². The molecule has 0 rings (SSSR count). The second-order valence-corrected chi connectivity index (χ2v) is 1.78. The summed E-state index contributed by atoms with van der Waals surface area (Å²) in [6.07, 6.45) is 2.76. The maximum absolute atomic E-state index is 10.5. The highest BCUT2D eigenvalue weighted by atomic mass is 16.1. The molecule has 0 saturated heterocycles. The van der Waals surface area contributed by atoms with Gasteiger partial charge >= 0.3 is 0 Å². The predicted octanol–water partition coefficient (Wildman–Crippen LogP) is 2.98. The van der Waals surface area contributed by atoms with Crippen molar-refractivity contribution in [2.75, 3.05) is 7.05 Å². The maximum Gasteiger partial charge on any atom is 0.219 e. The molecule has 0 saturated carbocycles. The fraction of sp³-hybridized carbons (Fsp3) is 0.900. The summed E-state index contributed by atoms with van der Waals surface area (Å²) >= 11 is 0. The minimum absolute atomic E-state index is 0.145. The molecule has 0 aromatic heterocycles. The normalized spacial score (nSPS) is 6.83. The van der Waals surface area contributed by atoms with Crippen LogP contribution in [0.4, 0.5) is 0 Å². The molecule has 2 heteroatoms. The third-order valence-electron chi connectivity index (χ3n) is 1.04. The van der Waals surface area contributed by atoms with E-state index in [0.717, 1.165) is 12.8 Å². The van der Waals surface area contributed by atoms with Crippen molar-refractivity contribution in [3.8, 4) is 0 Å². The number of hydrogen-bond donors (Lipinski definition) is 1. The summed E-state index contributed by atoms with van der Waals surface area (Å²) in [5.74, 6) is 0.145. The standard InChI is InChI=1S/C6H13NO.2C2H6/c1-3-4-5-6(8)7-2;2*1-2/h3-5H2,1-2H3,(H,7,8);2*1-2H3. The van der Waals surface area contributed by atoms with E-state index in [0.29, 0.717) is 6.42 Å². The average molecular weight is 175 g/mol. The predicted molar refractivity (Wildman–Crippen MR) is 56.3 cm³/mol. The first-order chi connectivity index (χ1) is 5.81. The monoisotopic (exact) mass is 175 g/mol. The van der Waals surface area contributed by atoms with Gasteiger partial charge in [-0.15, -0.1) is 0 Å². The van der Waals surface area contributed by atoms with Crippen LogP contribution in [0.25, 0.3) is 0 Å². The minimum Gasteiger partial charge on any atom is -0.359 e. The Hall–Kier alpha value is -0.530. The van der Waals surface area contributed by atoms with Crippen molar-refractivity contribution in [3.63, 3.8) is 0 Å². The van der Waals surface area contributed by atoms with Crippen molar-refractivity contribution in [1.29, 1.82) is 0 Å². The van der Waals surface area contributed by atoms with Gasteiger partial charge in [-0.2, -0.15) is 0 Å². The molecule has 12 heavy (non-hydrogen) atoms. The van der Waals surface area contributed by atoms with E-state index in [1.807, 2.05) is 27.7 Å². The molecule has 0 atom stereocenters. The fourth-order valence-corrected chi connectivity index (χ4v) is 0.462. The molecule has 0 bridgehead atoms. The fourth-order valence-electron chi connectivity index (χ4n) is 0.462. The minimum atomic E-state index is 0.145. The van der Waals surface area contributed by atoms with E-state index in [4.69, 9.17) is 0 Å². The molecular weight excluding hydrogens is 150 g/mol. The van der Waals surface area contributed by atoms with E-state index in [-0.39, 0.29) is 5.91 Å². The van der Waals surface area contributed by atoms with Crippen LogP contribution in [0.1, 0.15) is 53.9 Å².